The first-order chi connectivity index (χ1) is 11.8. The van der Waals surface area contributed by atoms with Gasteiger partial charge < -0.3 is 5.11 Å². The van der Waals surface area contributed by atoms with E-state index in [0.717, 1.165) is 31.3 Å². The Morgan fingerprint density at radius 3 is 2.72 bits per heavy atom. The van der Waals surface area contributed by atoms with Gasteiger partial charge in [0, 0.05) is 11.3 Å². The van der Waals surface area contributed by atoms with Gasteiger partial charge in [0.2, 0.25) is 0 Å². The molecule has 0 radical (unpaired) electrons. The van der Waals surface area contributed by atoms with Crippen molar-refractivity contribution in [2.75, 3.05) is 6.61 Å². The minimum atomic E-state index is -1.35. The summed E-state index contributed by atoms with van der Waals surface area (Å²) in [5.41, 5.74) is -1.32. The third-order valence-electron chi connectivity index (χ3n) is 8.21. The van der Waals surface area contributed by atoms with Crippen LogP contribution in [0.4, 0.5) is 4.39 Å². The third-order valence-corrected chi connectivity index (χ3v) is 8.21. The van der Waals surface area contributed by atoms with Crippen molar-refractivity contribution in [1.29, 1.82) is 0 Å². The average molecular weight is 346 g/mol. The molecule has 0 aromatic heterocycles. The predicted octanol–water partition coefficient (Wildman–Crippen LogP) is 3.56. The van der Waals surface area contributed by atoms with Crippen LogP contribution in [0.3, 0.4) is 0 Å². The second-order valence-corrected chi connectivity index (χ2v) is 8.98. The zero-order valence-corrected chi connectivity index (χ0v) is 15.1. The lowest BCUT2D eigenvalue weighted by Gasteiger charge is -2.60. The Morgan fingerprint density at radius 1 is 1.24 bits per heavy atom. The van der Waals surface area contributed by atoms with Crippen molar-refractivity contribution in [1.82, 2.24) is 0 Å². The minimum absolute atomic E-state index is 0.0374. The van der Waals surface area contributed by atoms with Crippen molar-refractivity contribution >= 4 is 11.6 Å². The summed E-state index contributed by atoms with van der Waals surface area (Å²) >= 11 is 0. The van der Waals surface area contributed by atoms with Crippen molar-refractivity contribution in [2.45, 2.75) is 58.0 Å². The van der Waals surface area contributed by atoms with Gasteiger partial charge in [0.1, 0.15) is 12.3 Å². The van der Waals surface area contributed by atoms with E-state index in [2.05, 4.69) is 6.92 Å². The predicted molar refractivity (Wildman–Crippen MR) is 92.5 cm³/mol. The van der Waals surface area contributed by atoms with Crippen LogP contribution in [0, 0.1) is 28.6 Å². The first-order valence-corrected chi connectivity index (χ1v) is 9.53. The summed E-state index contributed by atoms with van der Waals surface area (Å²) in [7, 11) is 0. The van der Waals surface area contributed by atoms with Crippen LogP contribution in [0.15, 0.2) is 23.8 Å². The molecule has 0 amide bonds. The zero-order valence-electron chi connectivity index (χ0n) is 15.1. The van der Waals surface area contributed by atoms with E-state index < -0.39 is 17.7 Å². The lowest BCUT2D eigenvalue weighted by molar-refractivity contribution is -0.143. The smallest absolute Gasteiger partial charge is 0.178 e. The number of halogens is 1. The van der Waals surface area contributed by atoms with Crippen molar-refractivity contribution in [3.63, 3.8) is 0 Å². The number of alkyl halides is 1. The van der Waals surface area contributed by atoms with Crippen molar-refractivity contribution in [3.05, 3.63) is 23.8 Å². The maximum atomic E-state index is 16.5. The Labute approximate surface area is 148 Å². The number of aliphatic hydroxyl groups excluding tert-OH is 1. The zero-order chi connectivity index (χ0) is 18.0. The number of allylic oxidation sites excluding steroid dienone is 4. The van der Waals surface area contributed by atoms with Crippen molar-refractivity contribution in [2.24, 2.45) is 28.6 Å². The van der Waals surface area contributed by atoms with Crippen molar-refractivity contribution < 1.29 is 19.1 Å². The maximum Gasteiger partial charge on any atom is 0.178 e. The van der Waals surface area contributed by atoms with Crippen LogP contribution < -0.4 is 0 Å². The topological polar surface area (TPSA) is 54.4 Å². The molecule has 0 heterocycles. The number of ketones is 2. The van der Waals surface area contributed by atoms with Gasteiger partial charge in [-0.05, 0) is 74.9 Å². The molecular formula is C21H27FO3. The van der Waals surface area contributed by atoms with E-state index in [1.807, 2.05) is 6.92 Å². The van der Waals surface area contributed by atoms with Gasteiger partial charge in [-0.15, -0.1) is 0 Å². The van der Waals surface area contributed by atoms with Crippen LogP contribution in [0.5, 0.6) is 0 Å². The number of carbonyl (C=O) groups excluding carboxylic acids is 2. The van der Waals surface area contributed by atoms with Crippen molar-refractivity contribution in [3.8, 4) is 0 Å². The Hall–Kier alpha value is -1.29. The van der Waals surface area contributed by atoms with Gasteiger partial charge in [-0.2, -0.15) is 0 Å². The number of Topliss-reactive ketones (excluding diaryl/α,β-unsaturated/α-hetero) is 1. The molecule has 4 aliphatic carbocycles. The van der Waals surface area contributed by atoms with E-state index in [1.165, 1.54) is 6.08 Å². The first kappa shape index (κ1) is 17.1. The molecule has 0 saturated heterocycles. The molecule has 0 aliphatic heterocycles. The molecule has 3 nitrogen and oxygen atoms in total. The highest BCUT2D eigenvalue weighted by Crippen LogP contribution is 2.68. The molecule has 25 heavy (non-hydrogen) atoms. The van der Waals surface area contributed by atoms with Crippen LogP contribution in [0.2, 0.25) is 0 Å². The molecule has 4 aliphatic rings. The van der Waals surface area contributed by atoms with E-state index in [9.17, 15) is 14.7 Å². The standard InChI is InChI=1S/C21H27FO3/c1-19-9-10-21(22)16(15(19)5-6-17(19)18(25)12-23)4-3-13-11-14(24)7-8-20(13,21)2/h7-8,11,15-17,23H,3-6,9-10,12H2,1-2H3/t15-,16-,17+,19-,20-,21+/m0/s1. The molecule has 4 rings (SSSR count). The quantitative estimate of drug-likeness (QED) is 0.832. The monoisotopic (exact) mass is 346 g/mol. The second kappa shape index (κ2) is 5.35. The summed E-state index contributed by atoms with van der Waals surface area (Å²) in [6, 6.07) is 0. The number of aliphatic hydroxyl groups is 1. The fourth-order valence-corrected chi connectivity index (χ4v) is 6.73. The van der Waals surface area contributed by atoms with E-state index >= 15 is 4.39 Å². The molecule has 6 atom stereocenters. The fraction of sp³-hybridized carbons (Fsp3) is 0.714. The largest absolute Gasteiger partial charge is 0.389 e. The number of hydrogen-bond donors (Lipinski definition) is 1. The molecule has 136 valence electrons. The lowest BCUT2D eigenvalue weighted by atomic mass is 9.46. The molecule has 0 unspecified atom stereocenters. The molecule has 4 heteroatoms. The Bertz CT molecular complexity index is 695. The number of fused-ring (bicyclic) bond motifs is 5. The molecule has 0 aromatic carbocycles. The van der Waals surface area contributed by atoms with Crippen LogP contribution in [0.25, 0.3) is 0 Å². The summed E-state index contributed by atoms with van der Waals surface area (Å²) in [6.07, 6.45) is 9.18. The van der Waals surface area contributed by atoms with Crippen LogP contribution in [-0.4, -0.2) is 28.9 Å². The molecule has 0 aromatic rings. The summed E-state index contributed by atoms with van der Waals surface area (Å²) in [5, 5.41) is 9.33. The van der Waals surface area contributed by atoms with E-state index in [-0.39, 0.29) is 34.7 Å². The molecular weight excluding hydrogens is 319 g/mol. The van der Waals surface area contributed by atoms with E-state index in [4.69, 9.17) is 0 Å². The SMILES string of the molecule is C[C@]12CC[C@@]3(F)[C@@H](CCC4=CC(=O)C=C[C@@]43C)[C@@H]1CC[C@@H]2C(=O)CO. The fourth-order valence-electron chi connectivity index (χ4n) is 6.73. The molecule has 3 saturated carbocycles. The third kappa shape index (κ3) is 2.06. The van der Waals surface area contributed by atoms with Crippen LogP contribution in [-0.2, 0) is 9.59 Å². The number of rotatable bonds is 2. The highest BCUT2D eigenvalue weighted by molar-refractivity contribution is 6.01. The number of carbonyl (C=O) groups is 2. The average Bonchev–Trinajstić information content (AvgIpc) is 2.93. The minimum Gasteiger partial charge on any atom is -0.389 e. The van der Waals surface area contributed by atoms with Gasteiger partial charge >= 0.3 is 0 Å². The van der Waals surface area contributed by atoms with E-state index in [1.54, 1.807) is 12.2 Å². The second-order valence-electron chi connectivity index (χ2n) is 8.98. The summed E-state index contributed by atoms with van der Waals surface area (Å²) in [4.78, 5) is 24.0. The molecule has 0 spiro atoms. The number of hydrogen-bond acceptors (Lipinski definition) is 3. The van der Waals surface area contributed by atoms with Gasteiger partial charge in [-0.3, -0.25) is 9.59 Å². The molecule has 3 fully saturated rings. The first-order valence-electron chi connectivity index (χ1n) is 9.53. The summed E-state index contributed by atoms with van der Waals surface area (Å²) in [6.45, 7) is 3.67. The Balaban J connectivity index is 1.72. The van der Waals surface area contributed by atoms with E-state index in [0.29, 0.717) is 12.8 Å². The van der Waals surface area contributed by atoms with Gasteiger partial charge in [-0.25, -0.2) is 4.39 Å². The Kier molecular flexibility index (Phi) is 3.67. The highest BCUT2D eigenvalue weighted by Gasteiger charge is 2.67. The summed E-state index contributed by atoms with van der Waals surface area (Å²) in [5.74, 6) is -0.161. The lowest BCUT2D eigenvalue weighted by Crippen LogP contribution is -2.60. The highest BCUT2D eigenvalue weighted by atomic mass is 19.1. The van der Waals surface area contributed by atoms with Crippen LogP contribution in [0.1, 0.15) is 52.4 Å². The molecule has 1 N–H and O–H groups in total. The van der Waals surface area contributed by atoms with Gasteiger partial charge in [0.25, 0.3) is 0 Å². The maximum absolute atomic E-state index is 16.5. The van der Waals surface area contributed by atoms with Gasteiger partial charge in [0.15, 0.2) is 11.6 Å². The van der Waals surface area contributed by atoms with Gasteiger partial charge in [0.05, 0.1) is 0 Å². The normalized spacial score (nSPS) is 48.4. The molecule has 0 bridgehead atoms. The summed E-state index contributed by atoms with van der Waals surface area (Å²) < 4.78 is 16.5. The van der Waals surface area contributed by atoms with Gasteiger partial charge in [-0.1, -0.05) is 18.6 Å². The van der Waals surface area contributed by atoms with Crippen LogP contribution >= 0.6 is 0 Å². The Morgan fingerprint density at radius 2 is 2.00 bits per heavy atom.